The average Bonchev–Trinajstić information content (AvgIpc) is 2.55. The van der Waals surface area contributed by atoms with Crippen LogP contribution in [0.15, 0.2) is 42.5 Å². The predicted octanol–water partition coefficient (Wildman–Crippen LogP) is 2.82. The third-order valence-corrected chi connectivity index (χ3v) is 3.55. The molecule has 0 heterocycles. The lowest BCUT2D eigenvalue weighted by Crippen LogP contribution is -2.24. The summed E-state index contributed by atoms with van der Waals surface area (Å²) < 4.78 is 5.21. The number of amides is 2. The molecule has 0 bridgehead atoms. The van der Waals surface area contributed by atoms with Crippen LogP contribution in [0.2, 0.25) is 0 Å². The van der Waals surface area contributed by atoms with Crippen molar-refractivity contribution in [3.8, 4) is 5.75 Å². The molecular formula is C19H22N2O3. The quantitative estimate of drug-likeness (QED) is 0.858. The zero-order chi connectivity index (χ0) is 17.5. The Morgan fingerprint density at radius 2 is 1.71 bits per heavy atom. The van der Waals surface area contributed by atoms with Crippen LogP contribution in [0.4, 0.5) is 5.69 Å². The zero-order valence-corrected chi connectivity index (χ0v) is 14.2. The Morgan fingerprint density at radius 1 is 1.04 bits per heavy atom. The van der Waals surface area contributed by atoms with Crippen molar-refractivity contribution in [1.82, 2.24) is 5.32 Å². The van der Waals surface area contributed by atoms with Crippen LogP contribution in [0.25, 0.3) is 0 Å². The molecule has 5 heteroatoms. The Hall–Kier alpha value is -2.82. The SMILES string of the molecule is COc1ccc(CNC(=O)Cc2ccc(C)cc2)cc1NC(C)=O. The first kappa shape index (κ1) is 17.5. The summed E-state index contributed by atoms with van der Waals surface area (Å²) >= 11 is 0. The van der Waals surface area contributed by atoms with Crippen molar-refractivity contribution in [2.45, 2.75) is 26.8 Å². The predicted molar refractivity (Wildman–Crippen MR) is 94.0 cm³/mol. The minimum atomic E-state index is -0.172. The summed E-state index contributed by atoms with van der Waals surface area (Å²) in [6.45, 7) is 3.84. The number of ether oxygens (including phenoxy) is 1. The maximum absolute atomic E-state index is 12.1. The molecule has 2 aromatic rings. The lowest BCUT2D eigenvalue weighted by atomic mass is 10.1. The van der Waals surface area contributed by atoms with Crippen molar-refractivity contribution in [1.29, 1.82) is 0 Å². The molecule has 24 heavy (non-hydrogen) atoms. The summed E-state index contributed by atoms with van der Waals surface area (Å²) in [4.78, 5) is 23.3. The van der Waals surface area contributed by atoms with E-state index in [4.69, 9.17) is 4.74 Å². The third-order valence-electron chi connectivity index (χ3n) is 3.55. The Kier molecular flexibility index (Phi) is 5.95. The second kappa shape index (κ2) is 8.15. The first-order valence-corrected chi connectivity index (χ1v) is 7.74. The summed E-state index contributed by atoms with van der Waals surface area (Å²) in [6.07, 6.45) is 0.342. The summed E-state index contributed by atoms with van der Waals surface area (Å²) in [5.41, 5.74) is 3.63. The Morgan fingerprint density at radius 3 is 2.33 bits per heavy atom. The van der Waals surface area contributed by atoms with Gasteiger partial charge in [0.15, 0.2) is 0 Å². The number of hydrogen-bond acceptors (Lipinski definition) is 3. The van der Waals surface area contributed by atoms with E-state index in [9.17, 15) is 9.59 Å². The zero-order valence-electron chi connectivity index (χ0n) is 14.2. The topological polar surface area (TPSA) is 67.4 Å². The monoisotopic (exact) mass is 326 g/mol. The van der Waals surface area contributed by atoms with Crippen molar-refractivity contribution < 1.29 is 14.3 Å². The molecule has 0 aromatic heterocycles. The molecule has 2 rings (SSSR count). The van der Waals surface area contributed by atoms with Gasteiger partial charge in [0.2, 0.25) is 11.8 Å². The van der Waals surface area contributed by atoms with Gasteiger partial charge in [0.05, 0.1) is 19.2 Å². The van der Waals surface area contributed by atoms with Crippen LogP contribution in [-0.4, -0.2) is 18.9 Å². The summed E-state index contributed by atoms with van der Waals surface area (Å²) in [5, 5.41) is 5.61. The van der Waals surface area contributed by atoms with Gasteiger partial charge in [-0.15, -0.1) is 0 Å². The van der Waals surface area contributed by atoms with Crippen LogP contribution < -0.4 is 15.4 Å². The summed E-state index contributed by atoms with van der Waals surface area (Å²) in [5.74, 6) is 0.365. The van der Waals surface area contributed by atoms with Gasteiger partial charge in [0, 0.05) is 13.5 Å². The molecule has 0 atom stereocenters. The van der Waals surface area contributed by atoms with Gasteiger partial charge in [-0.2, -0.15) is 0 Å². The molecule has 0 radical (unpaired) electrons. The van der Waals surface area contributed by atoms with E-state index >= 15 is 0 Å². The van der Waals surface area contributed by atoms with Crippen molar-refractivity contribution in [3.63, 3.8) is 0 Å². The van der Waals surface area contributed by atoms with Gasteiger partial charge in [-0.3, -0.25) is 9.59 Å². The van der Waals surface area contributed by atoms with Gasteiger partial charge in [0.25, 0.3) is 0 Å². The number of anilines is 1. The lowest BCUT2D eigenvalue weighted by Gasteiger charge is -2.12. The normalized spacial score (nSPS) is 10.1. The number of rotatable bonds is 6. The molecule has 0 aliphatic heterocycles. The molecule has 2 N–H and O–H groups in total. The van der Waals surface area contributed by atoms with Crippen LogP contribution in [-0.2, 0) is 22.6 Å². The van der Waals surface area contributed by atoms with Crippen LogP contribution in [0.3, 0.4) is 0 Å². The van der Waals surface area contributed by atoms with Crippen LogP contribution in [0, 0.1) is 6.92 Å². The van der Waals surface area contributed by atoms with Crippen LogP contribution >= 0.6 is 0 Å². The van der Waals surface area contributed by atoms with Gasteiger partial charge < -0.3 is 15.4 Å². The number of nitrogens with one attached hydrogen (secondary N) is 2. The average molecular weight is 326 g/mol. The van der Waals surface area contributed by atoms with Crippen LogP contribution in [0.5, 0.6) is 5.75 Å². The fraction of sp³-hybridized carbons (Fsp3) is 0.263. The third kappa shape index (κ3) is 5.12. The number of hydrogen-bond donors (Lipinski definition) is 2. The summed E-state index contributed by atoms with van der Waals surface area (Å²) in [6, 6.07) is 13.3. The highest BCUT2D eigenvalue weighted by Crippen LogP contribution is 2.25. The van der Waals surface area contributed by atoms with E-state index in [2.05, 4.69) is 10.6 Å². The highest BCUT2D eigenvalue weighted by Gasteiger charge is 2.08. The molecule has 2 amide bonds. The molecule has 126 valence electrons. The largest absolute Gasteiger partial charge is 0.495 e. The smallest absolute Gasteiger partial charge is 0.224 e. The molecular weight excluding hydrogens is 304 g/mol. The van der Waals surface area contributed by atoms with Crippen molar-refractivity contribution in [2.24, 2.45) is 0 Å². The molecule has 2 aromatic carbocycles. The fourth-order valence-corrected chi connectivity index (χ4v) is 2.31. The van der Waals surface area contributed by atoms with Gasteiger partial charge in [-0.25, -0.2) is 0 Å². The van der Waals surface area contributed by atoms with Gasteiger partial charge in [0.1, 0.15) is 5.75 Å². The van der Waals surface area contributed by atoms with Gasteiger partial charge >= 0.3 is 0 Å². The number of aryl methyl sites for hydroxylation is 1. The molecule has 0 saturated carbocycles. The van der Waals surface area contributed by atoms with E-state index in [1.54, 1.807) is 19.2 Å². The number of benzene rings is 2. The molecule has 0 aliphatic carbocycles. The number of methoxy groups -OCH3 is 1. The molecule has 0 fully saturated rings. The van der Waals surface area contributed by atoms with E-state index < -0.39 is 0 Å². The van der Waals surface area contributed by atoms with Crippen molar-refractivity contribution >= 4 is 17.5 Å². The molecule has 5 nitrogen and oxygen atoms in total. The maximum Gasteiger partial charge on any atom is 0.224 e. The first-order chi connectivity index (χ1) is 11.5. The molecule has 0 unspecified atom stereocenters. The fourth-order valence-electron chi connectivity index (χ4n) is 2.31. The Balaban J connectivity index is 1.96. The minimum absolute atomic E-state index is 0.0456. The first-order valence-electron chi connectivity index (χ1n) is 7.74. The maximum atomic E-state index is 12.1. The second-order valence-corrected chi connectivity index (χ2v) is 5.65. The molecule has 0 saturated heterocycles. The van der Waals surface area contributed by atoms with E-state index in [0.29, 0.717) is 24.4 Å². The van der Waals surface area contributed by atoms with Crippen molar-refractivity contribution in [3.05, 3.63) is 59.2 Å². The van der Waals surface area contributed by atoms with Gasteiger partial charge in [-0.1, -0.05) is 35.9 Å². The van der Waals surface area contributed by atoms with E-state index in [0.717, 1.165) is 11.1 Å². The highest BCUT2D eigenvalue weighted by molar-refractivity contribution is 5.90. The van der Waals surface area contributed by atoms with Crippen LogP contribution in [0.1, 0.15) is 23.6 Å². The second-order valence-electron chi connectivity index (χ2n) is 5.65. The summed E-state index contributed by atoms with van der Waals surface area (Å²) in [7, 11) is 1.55. The van der Waals surface area contributed by atoms with E-state index in [1.165, 1.54) is 12.5 Å². The lowest BCUT2D eigenvalue weighted by molar-refractivity contribution is -0.120. The number of carbonyl (C=O) groups is 2. The molecule has 0 spiro atoms. The Bertz CT molecular complexity index is 724. The highest BCUT2D eigenvalue weighted by atomic mass is 16.5. The standard InChI is InChI=1S/C19H22N2O3/c1-13-4-6-15(7-5-13)11-19(23)20-12-16-8-9-18(24-3)17(10-16)21-14(2)22/h4-10H,11-12H2,1-3H3,(H,20,23)(H,21,22). The number of carbonyl (C=O) groups excluding carboxylic acids is 2. The minimum Gasteiger partial charge on any atom is -0.495 e. The van der Waals surface area contributed by atoms with E-state index in [1.807, 2.05) is 37.3 Å². The van der Waals surface area contributed by atoms with Gasteiger partial charge in [-0.05, 0) is 30.2 Å². The van der Waals surface area contributed by atoms with Crippen molar-refractivity contribution in [2.75, 3.05) is 12.4 Å². The van der Waals surface area contributed by atoms with E-state index in [-0.39, 0.29) is 11.8 Å². The molecule has 0 aliphatic rings. The Labute approximate surface area is 142 Å².